The van der Waals surface area contributed by atoms with Crippen LogP contribution < -0.4 is 0 Å². The molecule has 0 fully saturated rings. The monoisotopic (exact) mass is 200 g/mol. The molecule has 0 unspecified atom stereocenters. The van der Waals surface area contributed by atoms with Crippen LogP contribution in [0.4, 0.5) is 4.39 Å². The molecule has 0 atom stereocenters. The molecule has 1 rings (SSSR count). The molecule has 1 aromatic rings. The van der Waals surface area contributed by atoms with Gasteiger partial charge in [0.25, 0.3) is 0 Å². The first-order chi connectivity index (χ1) is 6.15. The van der Waals surface area contributed by atoms with Crippen molar-refractivity contribution in [3.63, 3.8) is 0 Å². The number of rotatable bonds is 3. The second-order valence-corrected chi connectivity index (χ2v) is 3.18. The first kappa shape index (κ1) is 10.2. The van der Waals surface area contributed by atoms with Crippen LogP contribution in [0.2, 0.25) is 5.02 Å². The largest absolute Gasteiger partial charge is 0.299 e. The van der Waals surface area contributed by atoms with Crippen LogP contribution in [-0.4, -0.2) is 5.78 Å². The lowest BCUT2D eigenvalue weighted by molar-refractivity contribution is -0.118. The first-order valence-electron chi connectivity index (χ1n) is 4.09. The summed E-state index contributed by atoms with van der Waals surface area (Å²) >= 11 is 5.74. The molecule has 0 spiro atoms. The van der Waals surface area contributed by atoms with E-state index in [1.165, 1.54) is 12.1 Å². The topological polar surface area (TPSA) is 17.1 Å². The number of Topliss-reactive ketones (excluding diaryl/α,β-unsaturated/α-hetero) is 1. The van der Waals surface area contributed by atoms with Crippen molar-refractivity contribution < 1.29 is 9.18 Å². The lowest BCUT2D eigenvalue weighted by Crippen LogP contribution is -2.03. The number of benzene rings is 1. The molecule has 1 aromatic carbocycles. The highest BCUT2D eigenvalue weighted by molar-refractivity contribution is 6.31. The molecule has 0 radical (unpaired) electrons. The maximum atomic E-state index is 13.1. The standard InChI is InChI=1S/C10H10ClFO/c1-2-7(13)6-8-9(11)4-3-5-10(8)12/h3-5H,2,6H2,1H3. The van der Waals surface area contributed by atoms with Crippen LogP contribution in [0.3, 0.4) is 0 Å². The number of carbonyl (C=O) groups is 1. The lowest BCUT2D eigenvalue weighted by Gasteiger charge is -2.03. The highest BCUT2D eigenvalue weighted by Crippen LogP contribution is 2.19. The van der Waals surface area contributed by atoms with Crippen molar-refractivity contribution in [3.05, 3.63) is 34.6 Å². The molecule has 1 nitrogen and oxygen atoms in total. The van der Waals surface area contributed by atoms with Crippen LogP contribution in [0.1, 0.15) is 18.9 Å². The van der Waals surface area contributed by atoms with Crippen LogP contribution in [-0.2, 0) is 11.2 Å². The number of hydrogen-bond donors (Lipinski definition) is 0. The fourth-order valence-corrected chi connectivity index (χ4v) is 1.25. The molecule has 0 aromatic heterocycles. The van der Waals surface area contributed by atoms with Gasteiger partial charge in [-0.3, -0.25) is 4.79 Å². The van der Waals surface area contributed by atoms with Gasteiger partial charge in [-0.25, -0.2) is 4.39 Å². The molecule has 0 aliphatic carbocycles. The SMILES string of the molecule is CCC(=O)Cc1c(F)cccc1Cl. The predicted octanol–water partition coefficient (Wildman–Crippen LogP) is 3.00. The molecular weight excluding hydrogens is 191 g/mol. The summed E-state index contributed by atoms with van der Waals surface area (Å²) in [6.45, 7) is 1.75. The smallest absolute Gasteiger partial charge is 0.137 e. The van der Waals surface area contributed by atoms with Crippen molar-refractivity contribution in [2.24, 2.45) is 0 Å². The molecule has 0 aliphatic rings. The van der Waals surface area contributed by atoms with Gasteiger partial charge in [0.15, 0.2) is 0 Å². The van der Waals surface area contributed by atoms with Gasteiger partial charge >= 0.3 is 0 Å². The van der Waals surface area contributed by atoms with Gasteiger partial charge in [0.05, 0.1) is 0 Å². The van der Waals surface area contributed by atoms with Gasteiger partial charge in [-0.2, -0.15) is 0 Å². The maximum Gasteiger partial charge on any atom is 0.137 e. The normalized spacial score (nSPS) is 10.1. The molecule has 3 heteroatoms. The van der Waals surface area contributed by atoms with Gasteiger partial charge in [-0.15, -0.1) is 0 Å². The van der Waals surface area contributed by atoms with E-state index in [1.807, 2.05) is 0 Å². The van der Waals surface area contributed by atoms with E-state index in [2.05, 4.69) is 0 Å². The van der Waals surface area contributed by atoms with Gasteiger partial charge in [0.1, 0.15) is 11.6 Å². The second-order valence-electron chi connectivity index (χ2n) is 2.77. The Morgan fingerprint density at radius 2 is 2.23 bits per heavy atom. The highest BCUT2D eigenvalue weighted by atomic mass is 35.5. The van der Waals surface area contributed by atoms with E-state index in [0.29, 0.717) is 17.0 Å². The molecule has 0 aliphatic heterocycles. The zero-order valence-corrected chi connectivity index (χ0v) is 8.07. The Bertz CT molecular complexity index is 302. The van der Waals surface area contributed by atoms with Crippen molar-refractivity contribution in [3.8, 4) is 0 Å². The van der Waals surface area contributed by atoms with Crippen LogP contribution in [0.5, 0.6) is 0 Å². The summed E-state index contributed by atoms with van der Waals surface area (Å²) in [5.74, 6) is -0.415. The summed E-state index contributed by atoms with van der Waals surface area (Å²) < 4.78 is 13.1. The van der Waals surface area contributed by atoms with Crippen LogP contribution >= 0.6 is 11.6 Å². The fourth-order valence-electron chi connectivity index (χ4n) is 1.02. The molecule has 70 valence electrons. The Labute approximate surface area is 81.5 Å². The number of halogens is 2. The average molecular weight is 201 g/mol. The highest BCUT2D eigenvalue weighted by Gasteiger charge is 2.09. The van der Waals surface area contributed by atoms with Crippen molar-refractivity contribution in [2.45, 2.75) is 19.8 Å². The number of carbonyl (C=O) groups excluding carboxylic acids is 1. The van der Waals surface area contributed by atoms with E-state index >= 15 is 0 Å². The number of ketones is 1. The van der Waals surface area contributed by atoms with Gasteiger partial charge < -0.3 is 0 Å². The quantitative estimate of drug-likeness (QED) is 0.733. The van der Waals surface area contributed by atoms with Crippen LogP contribution in [0.25, 0.3) is 0 Å². The van der Waals surface area contributed by atoms with Gasteiger partial charge in [-0.05, 0) is 12.1 Å². The van der Waals surface area contributed by atoms with Crippen LogP contribution in [0.15, 0.2) is 18.2 Å². The first-order valence-corrected chi connectivity index (χ1v) is 4.47. The zero-order valence-electron chi connectivity index (χ0n) is 7.31. The Hall–Kier alpha value is -0.890. The van der Waals surface area contributed by atoms with E-state index in [9.17, 15) is 9.18 Å². The third-order valence-electron chi connectivity index (χ3n) is 1.83. The van der Waals surface area contributed by atoms with E-state index in [-0.39, 0.29) is 12.2 Å². The average Bonchev–Trinajstić information content (AvgIpc) is 2.11. The van der Waals surface area contributed by atoms with E-state index in [4.69, 9.17) is 11.6 Å². The molecule has 0 heterocycles. The number of hydrogen-bond acceptors (Lipinski definition) is 1. The third kappa shape index (κ3) is 2.52. The summed E-state index contributed by atoms with van der Waals surface area (Å²) in [6, 6.07) is 4.42. The van der Waals surface area contributed by atoms with E-state index in [0.717, 1.165) is 0 Å². The summed E-state index contributed by atoms with van der Waals surface area (Å²) in [5, 5.41) is 0.321. The molecule has 0 bridgehead atoms. The van der Waals surface area contributed by atoms with Gasteiger partial charge in [0.2, 0.25) is 0 Å². The molecule has 13 heavy (non-hydrogen) atoms. The summed E-state index contributed by atoms with van der Waals surface area (Å²) in [6.07, 6.45) is 0.493. The zero-order chi connectivity index (χ0) is 9.84. The predicted molar refractivity (Wildman–Crippen MR) is 50.4 cm³/mol. The Kier molecular flexibility index (Phi) is 3.43. The summed E-state index contributed by atoms with van der Waals surface area (Å²) in [7, 11) is 0. The Balaban J connectivity index is 2.93. The van der Waals surface area contributed by atoms with E-state index < -0.39 is 5.82 Å². The molecular formula is C10H10ClFO. The lowest BCUT2D eigenvalue weighted by atomic mass is 10.1. The van der Waals surface area contributed by atoms with Crippen molar-refractivity contribution >= 4 is 17.4 Å². The molecule has 0 N–H and O–H groups in total. The van der Waals surface area contributed by atoms with Crippen molar-refractivity contribution in [2.75, 3.05) is 0 Å². The third-order valence-corrected chi connectivity index (χ3v) is 2.18. The Morgan fingerprint density at radius 1 is 1.54 bits per heavy atom. The maximum absolute atomic E-state index is 13.1. The molecule has 0 saturated carbocycles. The van der Waals surface area contributed by atoms with Crippen LogP contribution in [0, 0.1) is 5.82 Å². The molecule has 0 saturated heterocycles. The second kappa shape index (κ2) is 4.38. The van der Waals surface area contributed by atoms with Gasteiger partial charge in [-0.1, -0.05) is 24.6 Å². The van der Waals surface area contributed by atoms with Crippen molar-refractivity contribution in [1.29, 1.82) is 0 Å². The van der Waals surface area contributed by atoms with Gasteiger partial charge in [0, 0.05) is 23.4 Å². The minimum Gasteiger partial charge on any atom is -0.299 e. The molecule has 0 amide bonds. The fraction of sp³-hybridized carbons (Fsp3) is 0.300. The van der Waals surface area contributed by atoms with Crippen molar-refractivity contribution in [1.82, 2.24) is 0 Å². The minimum absolute atomic E-state index is 0.00741. The Morgan fingerprint density at radius 3 is 2.77 bits per heavy atom. The summed E-state index contributed by atoms with van der Waals surface area (Å²) in [5.41, 5.74) is 0.302. The summed E-state index contributed by atoms with van der Waals surface area (Å²) in [4.78, 5) is 11.1. The van der Waals surface area contributed by atoms with E-state index in [1.54, 1.807) is 13.0 Å². The minimum atomic E-state index is -0.408.